The van der Waals surface area contributed by atoms with Gasteiger partial charge in [0.2, 0.25) is 0 Å². The second-order valence-electron chi connectivity index (χ2n) is 5.16. The molecule has 4 heteroatoms. The molecule has 1 aromatic heterocycles. The van der Waals surface area contributed by atoms with Crippen molar-refractivity contribution < 1.29 is 0 Å². The highest BCUT2D eigenvalue weighted by atomic mass is 15.2. The fourth-order valence-electron chi connectivity index (χ4n) is 2.43. The first kappa shape index (κ1) is 11.3. The minimum Gasteiger partial charge on any atom is -0.399 e. The minimum absolute atomic E-state index is 0.528. The molecule has 0 saturated heterocycles. The third-order valence-corrected chi connectivity index (χ3v) is 3.89. The van der Waals surface area contributed by atoms with Crippen LogP contribution >= 0.6 is 0 Å². The molecular formula is C14H18N4. The standard InChI is InChI=1S/C14H18N4/c1-9(10-3-4-10)18(2)14-12-6-5-11(15)7-13(12)16-8-17-14/h5-10H,3-4,15H2,1-2H3. The van der Waals surface area contributed by atoms with Gasteiger partial charge < -0.3 is 10.6 Å². The maximum Gasteiger partial charge on any atom is 0.139 e. The molecule has 4 nitrogen and oxygen atoms in total. The SMILES string of the molecule is CC(C1CC1)N(C)c1ncnc2cc(N)ccc12. The van der Waals surface area contributed by atoms with Gasteiger partial charge in [0.15, 0.2) is 0 Å². The minimum atomic E-state index is 0.528. The largest absolute Gasteiger partial charge is 0.399 e. The molecule has 1 aliphatic carbocycles. The molecule has 0 amide bonds. The van der Waals surface area contributed by atoms with Crippen molar-refractivity contribution in [3.05, 3.63) is 24.5 Å². The van der Waals surface area contributed by atoms with Gasteiger partial charge in [0.1, 0.15) is 12.1 Å². The van der Waals surface area contributed by atoms with Crippen molar-refractivity contribution in [1.82, 2.24) is 9.97 Å². The lowest BCUT2D eigenvalue weighted by molar-refractivity contribution is 0.605. The molecule has 1 unspecified atom stereocenters. The Morgan fingerprint density at radius 1 is 1.33 bits per heavy atom. The van der Waals surface area contributed by atoms with Gasteiger partial charge in [-0.2, -0.15) is 0 Å². The van der Waals surface area contributed by atoms with Gasteiger partial charge in [0.05, 0.1) is 5.52 Å². The number of hydrogen-bond acceptors (Lipinski definition) is 4. The second kappa shape index (κ2) is 4.12. The third kappa shape index (κ3) is 1.88. The average Bonchev–Trinajstić information content (AvgIpc) is 3.20. The summed E-state index contributed by atoms with van der Waals surface area (Å²) in [4.78, 5) is 11.0. The number of nitrogen functional groups attached to an aromatic ring is 1. The molecule has 1 aromatic carbocycles. The number of rotatable bonds is 3. The van der Waals surface area contributed by atoms with Gasteiger partial charge in [-0.15, -0.1) is 0 Å². The molecule has 1 aliphatic rings. The Balaban J connectivity index is 2.05. The Labute approximate surface area is 107 Å². The molecule has 0 bridgehead atoms. The van der Waals surface area contributed by atoms with E-state index < -0.39 is 0 Å². The lowest BCUT2D eigenvalue weighted by Crippen LogP contribution is -2.31. The third-order valence-electron chi connectivity index (χ3n) is 3.89. The van der Waals surface area contributed by atoms with E-state index in [4.69, 9.17) is 5.73 Å². The summed E-state index contributed by atoms with van der Waals surface area (Å²) < 4.78 is 0. The van der Waals surface area contributed by atoms with Gasteiger partial charge in [0.25, 0.3) is 0 Å². The van der Waals surface area contributed by atoms with Crippen LogP contribution in [0.2, 0.25) is 0 Å². The lowest BCUT2D eigenvalue weighted by Gasteiger charge is -2.26. The predicted octanol–water partition coefficient (Wildman–Crippen LogP) is 2.45. The van der Waals surface area contributed by atoms with Crippen molar-refractivity contribution in [1.29, 1.82) is 0 Å². The Kier molecular flexibility index (Phi) is 2.58. The average molecular weight is 242 g/mol. The van der Waals surface area contributed by atoms with Crippen LogP contribution in [0, 0.1) is 5.92 Å². The van der Waals surface area contributed by atoms with Gasteiger partial charge in [-0.05, 0) is 43.9 Å². The first-order valence-electron chi connectivity index (χ1n) is 6.40. The summed E-state index contributed by atoms with van der Waals surface area (Å²) in [5.74, 6) is 1.81. The Hall–Kier alpha value is -1.84. The zero-order valence-electron chi connectivity index (χ0n) is 10.8. The highest BCUT2D eigenvalue weighted by Gasteiger charge is 2.31. The molecule has 1 atom stereocenters. The summed E-state index contributed by atoms with van der Waals surface area (Å²) in [5.41, 5.74) is 7.45. The molecule has 3 rings (SSSR count). The molecular weight excluding hydrogens is 224 g/mol. The van der Waals surface area contributed by atoms with E-state index in [0.29, 0.717) is 6.04 Å². The summed E-state index contributed by atoms with van der Waals surface area (Å²) in [7, 11) is 2.11. The van der Waals surface area contributed by atoms with Gasteiger partial charge in [-0.25, -0.2) is 9.97 Å². The fraction of sp³-hybridized carbons (Fsp3) is 0.429. The number of anilines is 2. The molecule has 18 heavy (non-hydrogen) atoms. The normalized spacial score (nSPS) is 16.8. The van der Waals surface area contributed by atoms with E-state index in [2.05, 4.69) is 28.8 Å². The topological polar surface area (TPSA) is 55.0 Å². The molecule has 2 aromatic rings. The van der Waals surface area contributed by atoms with Crippen LogP contribution in [0.25, 0.3) is 10.9 Å². The van der Waals surface area contributed by atoms with Crippen molar-refractivity contribution in [2.45, 2.75) is 25.8 Å². The van der Waals surface area contributed by atoms with E-state index in [1.54, 1.807) is 6.33 Å². The molecule has 0 radical (unpaired) electrons. The quantitative estimate of drug-likeness (QED) is 0.840. The smallest absolute Gasteiger partial charge is 0.139 e. The molecule has 1 heterocycles. The van der Waals surface area contributed by atoms with Crippen LogP contribution in [0.5, 0.6) is 0 Å². The summed E-state index contributed by atoms with van der Waals surface area (Å²) in [6.07, 6.45) is 4.29. The van der Waals surface area contributed by atoms with Crippen molar-refractivity contribution >= 4 is 22.4 Å². The first-order chi connectivity index (χ1) is 8.66. The fourth-order valence-corrected chi connectivity index (χ4v) is 2.43. The monoisotopic (exact) mass is 242 g/mol. The van der Waals surface area contributed by atoms with Crippen LogP contribution < -0.4 is 10.6 Å². The van der Waals surface area contributed by atoms with Crippen molar-refractivity contribution in [3.63, 3.8) is 0 Å². The lowest BCUT2D eigenvalue weighted by atomic mass is 10.1. The van der Waals surface area contributed by atoms with Crippen LogP contribution in [0.15, 0.2) is 24.5 Å². The molecule has 2 N–H and O–H groups in total. The van der Waals surface area contributed by atoms with Gasteiger partial charge >= 0.3 is 0 Å². The van der Waals surface area contributed by atoms with Gasteiger partial charge in [-0.1, -0.05) is 0 Å². The zero-order valence-corrected chi connectivity index (χ0v) is 10.8. The Morgan fingerprint density at radius 2 is 2.11 bits per heavy atom. The first-order valence-corrected chi connectivity index (χ1v) is 6.40. The van der Waals surface area contributed by atoms with Crippen LogP contribution in [0.1, 0.15) is 19.8 Å². The zero-order chi connectivity index (χ0) is 12.7. The number of fused-ring (bicyclic) bond motifs is 1. The molecule has 1 saturated carbocycles. The van der Waals surface area contributed by atoms with E-state index in [9.17, 15) is 0 Å². The maximum atomic E-state index is 5.79. The molecule has 1 fully saturated rings. The number of benzene rings is 1. The summed E-state index contributed by atoms with van der Waals surface area (Å²) in [6, 6.07) is 6.34. The summed E-state index contributed by atoms with van der Waals surface area (Å²) in [6.45, 7) is 2.27. The van der Waals surface area contributed by atoms with Crippen LogP contribution in [-0.2, 0) is 0 Å². The number of hydrogen-bond donors (Lipinski definition) is 1. The van der Waals surface area contributed by atoms with Crippen molar-refractivity contribution in [2.24, 2.45) is 5.92 Å². The van der Waals surface area contributed by atoms with Crippen molar-refractivity contribution in [3.8, 4) is 0 Å². The van der Waals surface area contributed by atoms with E-state index in [1.165, 1.54) is 12.8 Å². The summed E-state index contributed by atoms with van der Waals surface area (Å²) in [5, 5.41) is 1.07. The number of nitrogens with zero attached hydrogens (tertiary/aromatic N) is 3. The molecule has 0 spiro atoms. The van der Waals surface area contributed by atoms with Gasteiger partial charge in [-0.3, -0.25) is 0 Å². The highest BCUT2D eigenvalue weighted by molar-refractivity contribution is 5.91. The van der Waals surface area contributed by atoms with E-state index in [0.717, 1.165) is 28.3 Å². The molecule has 94 valence electrons. The van der Waals surface area contributed by atoms with Gasteiger partial charge in [0, 0.05) is 24.2 Å². The van der Waals surface area contributed by atoms with Crippen LogP contribution in [0.3, 0.4) is 0 Å². The predicted molar refractivity (Wildman–Crippen MR) is 74.5 cm³/mol. The second-order valence-corrected chi connectivity index (χ2v) is 5.16. The van der Waals surface area contributed by atoms with E-state index in [-0.39, 0.29) is 0 Å². The molecule has 0 aliphatic heterocycles. The van der Waals surface area contributed by atoms with Crippen molar-refractivity contribution in [2.75, 3.05) is 17.7 Å². The number of aromatic nitrogens is 2. The Morgan fingerprint density at radius 3 is 2.83 bits per heavy atom. The van der Waals surface area contributed by atoms with Crippen LogP contribution in [0.4, 0.5) is 11.5 Å². The number of nitrogens with two attached hydrogens (primary N) is 1. The highest BCUT2D eigenvalue weighted by Crippen LogP contribution is 2.37. The maximum absolute atomic E-state index is 5.79. The Bertz CT molecular complexity index is 577. The van der Waals surface area contributed by atoms with E-state index >= 15 is 0 Å². The van der Waals surface area contributed by atoms with Crippen LogP contribution in [-0.4, -0.2) is 23.1 Å². The summed E-state index contributed by atoms with van der Waals surface area (Å²) >= 11 is 0. The van der Waals surface area contributed by atoms with E-state index in [1.807, 2.05) is 18.2 Å².